The number of fused-ring (bicyclic) bond motifs is 1. The summed E-state index contributed by atoms with van der Waals surface area (Å²) in [6.07, 6.45) is 0. The fourth-order valence-corrected chi connectivity index (χ4v) is 2.76. The van der Waals surface area contributed by atoms with Gasteiger partial charge in [-0.2, -0.15) is 0 Å². The quantitative estimate of drug-likeness (QED) is 0.758. The molecule has 0 spiro atoms. The highest BCUT2D eigenvalue weighted by Crippen LogP contribution is 2.22. The van der Waals surface area contributed by atoms with Gasteiger partial charge in [0.1, 0.15) is 5.75 Å². The molecule has 0 bridgehead atoms. The van der Waals surface area contributed by atoms with Crippen LogP contribution in [-0.2, 0) is 6.54 Å². The molecule has 0 atom stereocenters. The molecule has 0 saturated heterocycles. The normalized spacial score (nSPS) is 10.7. The number of hydrogen-bond donors (Lipinski definition) is 1. The lowest BCUT2D eigenvalue weighted by atomic mass is 10.2. The Morgan fingerprint density at radius 1 is 1.15 bits per heavy atom. The lowest BCUT2D eigenvalue weighted by Gasteiger charge is -2.08. The molecule has 1 heterocycles. The smallest absolute Gasteiger partial charge is 0.119 e. The van der Waals surface area contributed by atoms with E-state index in [2.05, 4.69) is 34.6 Å². The molecule has 0 aliphatic rings. The number of nitrogens with one attached hydrogen (secondary N) is 1. The van der Waals surface area contributed by atoms with Crippen LogP contribution in [0, 0.1) is 0 Å². The van der Waals surface area contributed by atoms with E-state index in [4.69, 9.17) is 4.74 Å². The third-order valence-electron chi connectivity index (χ3n) is 3.06. The van der Waals surface area contributed by atoms with E-state index >= 15 is 0 Å². The van der Waals surface area contributed by atoms with Gasteiger partial charge in [0.15, 0.2) is 0 Å². The van der Waals surface area contributed by atoms with Crippen molar-refractivity contribution in [3.8, 4) is 5.75 Å². The summed E-state index contributed by atoms with van der Waals surface area (Å²) in [7, 11) is 0. The SMILES string of the molecule is CCOc1ccc(CNc2ccc3ncsc3c2)cc1. The number of ether oxygens (including phenoxy) is 1. The molecule has 0 radical (unpaired) electrons. The highest BCUT2D eigenvalue weighted by atomic mass is 32.1. The predicted octanol–water partition coefficient (Wildman–Crippen LogP) is 4.31. The maximum absolute atomic E-state index is 5.44. The zero-order chi connectivity index (χ0) is 13.8. The van der Waals surface area contributed by atoms with Crippen LogP contribution in [0.1, 0.15) is 12.5 Å². The number of rotatable bonds is 5. The zero-order valence-electron chi connectivity index (χ0n) is 11.3. The van der Waals surface area contributed by atoms with Crippen molar-refractivity contribution < 1.29 is 4.74 Å². The first-order valence-electron chi connectivity index (χ1n) is 6.64. The van der Waals surface area contributed by atoms with E-state index in [0.717, 1.165) is 23.5 Å². The largest absolute Gasteiger partial charge is 0.494 e. The van der Waals surface area contributed by atoms with Crippen molar-refractivity contribution >= 4 is 27.2 Å². The van der Waals surface area contributed by atoms with Crippen molar-refractivity contribution in [2.45, 2.75) is 13.5 Å². The molecule has 0 aliphatic heterocycles. The van der Waals surface area contributed by atoms with E-state index in [9.17, 15) is 0 Å². The van der Waals surface area contributed by atoms with Crippen LogP contribution in [0.15, 0.2) is 48.0 Å². The summed E-state index contributed by atoms with van der Waals surface area (Å²) in [6.45, 7) is 3.49. The zero-order valence-corrected chi connectivity index (χ0v) is 12.1. The number of benzene rings is 2. The molecule has 3 rings (SSSR count). The Bertz CT molecular complexity index is 691. The van der Waals surface area contributed by atoms with Gasteiger partial charge in [0, 0.05) is 12.2 Å². The minimum Gasteiger partial charge on any atom is -0.494 e. The maximum Gasteiger partial charge on any atom is 0.119 e. The number of hydrogen-bond acceptors (Lipinski definition) is 4. The van der Waals surface area contributed by atoms with Gasteiger partial charge >= 0.3 is 0 Å². The molecule has 0 saturated carbocycles. The first-order chi connectivity index (χ1) is 9.85. The second kappa shape index (κ2) is 5.92. The molecule has 0 aliphatic carbocycles. The Morgan fingerprint density at radius 2 is 2.00 bits per heavy atom. The standard InChI is InChI=1S/C16H16N2OS/c1-2-19-14-6-3-12(4-7-14)10-17-13-5-8-15-16(9-13)20-11-18-15/h3-9,11,17H,2,10H2,1H3. The summed E-state index contributed by atoms with van der Waals surface area (Å²) in [5.41, 5.74) is 5.29. The molecular formula is C16H16N2OS. The Hall–Kier alpha value is -2.07. The topological polar surface area (TPSA) is 34.1 Å². The third kappa shape index (κ3) is 2.91. The first-order valence-corrected chi connectivity index (χ1v) is 7.52. The highest BCUT2D eigenvalue weighted by molar-refractivity contribution is 7.16. The molecule has 3 aromatic rings. The average Bonchev–Trinajstić information content (AvgIpc) is 2.94. The van der Waals surface area contributed by atoms with Gasteiger partial charge in [0.05, 0.1) is 22.3 Å². The number of anilines is 1. The van der Waals surface area contributed by atoms with Crippen LogP contribution < -0.4 is 10.1 Å². The molecule has 3 nitrogen and oxygen atoms in total. The van der Waals surface area contributed by atoms with Crippen molar-refractivity contribution in [2.75, 3.05) is 11.9 Å². The fourth-order valence-electron chi connectivity index (χ4n) is 2.04. The van der Waals surface area contributed by atoms with E-state index in [1.807, 2.05) is 30.6 Å². The van der Waals surface area contributed by atoms with E-state index in [1.165, 1.54) is 10.3 Å². The van der Waals surface area contributed by atoms with Crippen LogP contribution >= 0.6 is 11.3 Å². The molecule has 4 heteroatoms. The summed E-state index contributed by atoms with van der Waals surface area (Å²) >= 11 is 1.66. The third-order valence-corrected chi connectivity index (χ3v) is 3.85. The van der Waals surface area contributed by atoms with Crippen molar-refractivity contribution in [1.82, 2.24) is 4.98 Å². The second-order valence-corrected chi connectivity index (χ2v) is 5.35. The van der Waals surface area contributed by atoms with Gasteiger partial charge in [-0.3, -0.25) is 0 Å². The van der Waals surface area contributed by atoms with Gasteiger partial charge in [-0.1, -0.05) is 12.1 Å². The van der Waals surface area contributed by atoms with Gasteiger partial charge in [0.2, 0.25) is 0 Å². The number of thiazole rings is 1. The Morgan fingerprint density at radius 3 is 2.80 bits per heavy atom. The summed E-state index contributed by atoms with van der Waals surface area (Å²) in [4.78, 5) is 4.28. The number of aromatic nitrogens is 1. The van der Waals surface area contributed by atoms with Crippen LogP contribution in [0.3, 0.4) is 0 Å². The maximum atomic E-state index is 5.44. The van der Waals surface area contributed by atoms with E-state index in [0.29, 0.717) is 6.61 Å². The lowest BCUT2D eigenvalue weighted by Crippen LogP contribution is -1.99. The molecule has 2 aromatic carbocycles. The minimum atomic E-state index is 0.701. The summed E-state index contributed by atoms with van der Waals surface area (Å²) in [5.74, 6) is 0.919. The molecular weight excluding hydrogens is 268 g/mol. The highest BCUT2D eigenvalue weighted by Gasteiger charge is 1.99. The van der Waals surface area contributed by atoms with E-state index in [1.54, 1.807) is 11.3 Å². The van der Waals surface area contributed by atoms with Gasteiger partial charge in [-0.25, -0.2) is 4.98 Å². The van der Waals surface area contributed by atoms with Crippen LogP contribution in [0.25, 0.3) is 10.2 Å². The summed E-state index contributed by atoms with van der Waals surface area (Å²) in [5, 5.41) is 3.43. The lowest BCUT2D eigenvalue weighted by molar-refractivity contribution is 0.340. The van der Waals surface area contributed by atoms with Gasteiger partial charge in [-0.05, 0) is 42.8 Å². The average molecular weight is 284 g/mol. The first kappa shape index (κ1) is 12.9. The van der Waals surface area contributed by atoms with Crippen molar-refractivity contribution in [2.24, 2.45) is 0 Å². The van der Waals surface area contributed by atoms with Crippen molar-refractivity contribution in [3.05, 3.63) is 53.5 Å². The molecule has 0 amide bonds. The van der Waals surface area contributed by atoms with Gasteiger partial charge in [-0.15, -0.1) is 11.3 Å². The van der Waals surface area contributed by atoms with Gasteiger partial charge < -0.3 is 10.1 Å². The minimum absolute atomic E-state index is 0.701. The van der Waals surface area contributed by atoms with Crippen LogP contribution in [0.2, 0.25) is 0 Å². The van der Waals surface area contributed by atoms with Crippen LogP contribution in [0.4, 0.5) is 5.69 Å². The van der Waals surface area contributed by atoms with Crippen molar-refractivity contribution in [3.63, 3.8) is 0 Å². The van der Waals surface area contributed by atoms with E-state index < -0.39 is 0 Å². The molecule has 1 aromatic heterocycles. The van der Waals surface area contributed by atoms with Crippen LogP contribution in [0.5, 0.6) is 5.75 Å². The predicted molar refractivity (Wildman–Crippen MR) is 84.6 cm³/mol. The number of nitrogens with zero attached hydrogens (tertiary/aromatic N) is 1. The molecule has 0 fully saturated rings. The second-order valence-electron chi connectivity index (χ2n) is 4.47. The summed E-state index contributed by atoms with van der Waals surface area (Å²) < 4.78 is 6.65. The molecule has 20 heavy (non-hydrogen) atoms. The fraction of sp³-hybridized carbons (Fsp3) is 0.188. The molecule has 1 N–H and O–H groups in total. The Labute approximate surface area is 122 Å². The monoisotopic (exact) mass is 284 g/mol. The Balaban J connectivity index is 1.66. The van der Waals surface area contributed by atoms with Gasteiger partial charge in [0.25, 0.3) is 0 Å². The summed E-state index contributed by atoms with van der Waals surface area (Å²) in [6, 6.07) is 14.4. The Kier molecular flexibility index (Phi) is 3.83. The molecule has 102 valence electrons. The van der Waals surface area contributed by atoms with Crippen molar-refractivity contribution in [1.29, 1.82) is 0 Å². The molecule has 0 unspecified atom stereocenters. The van der Waals surface area contributed by atoms with E-state index in [-0.39, 0.29) is 0 Å². The van der Waals surface area contributed by atoms with Crippen LogP contribution in [-0.4, -0.2) is 11.6 Å².